The molecule has 3 heteroatoms. The minimum Gasteiger partial charge on any atom is -0.481 e. The maximum Gasteiger partial charge on any atom is 0.303 e. The molecule has 1 N–H and O–H groups in total. The third kappa shape index (κ3) is 10.8. The van der Waals surface area contributed by atoms with E-state index in [1.807, 2.05) is 19.1 Å². The van der Waals surface area contributed by atoms with Crippen molar-refractivity contribution in [2.24, 2.45) is 0 Å². The molecule has 0 aromatic heterocycles. The van der Waals surface area contributed by atoms with Gasteiger partial charge in [-0.2, -0.15) is 0 Å². The summed E-state index contributed by atoms with van der Waals surface area (Å²) in [6.07, 6.45) is 8.94. The maximum atomic E-state index is 10.9. The van der Waals surface area contributed by atoms with Crippen LogP contribution in [-0.2, 0) is 9.59 Å². The van der Waals surface area contributed by atoms with E-state index in [0.717, 1.165) is 25.7 Å². The maximum absolute atomic E-state index is 10.9. The topological polar surface area (TPSA) is 54.4 Å². The van der Waals surface area contributed by atoms with E-state index in [1.54, 1.807) is 0 Å². The molecule has 0 rings (SSSR count). The van der Waals surface area contributed by atoms with Crippen molar-refractivity contribution < 1.29 is 14.7 Å². The lowest BCUT2D eigenvalue weighted by Crippen LogP contribution is -1.93. The van der Waals surface area contributed by atoms with Crippen molar-refractivity contribution in [3.8, 4) is 0 Å². The van der Waals surface area contributed by atoms with Gasteiger partial charge in [0.1, 0.15) is 5.78 Å². The average Bonchev–Trinajstić information content (AvgIpc) is 2.21. The largest absolute Gasteiger partial charge is 0.481 e. The van der Waals surface area contributed by atoms with Crippen molar-refractivity contribution in [1.29, 1.82) is 0 Å². The van der Waals surface area contributed by atoms with Crippen LogP contribution < -0.4 is 0 Å². The molecule has 0 bridgehead atoms. The van der Waals surface area contributed by atoms with Crippen molar-refractivity contribution in [2.75, 3.05) is 0 Å². The first kappa shape index (κ1) is 13.9. The summed E-state index contributed by atoms with van der Waals surface area (Å²) in [5.41, 5.74) is 0. The first-order valence-corrected chi connectivity index (χ1v) is 5.55. The number of unbranched alkanes of at least 4 members (excludes halogenated alkanes) is 3. The molecule has 0 amide bonds. The van der Waals surface area contributed by atoms with E-state index >= 15 is 0 Å². The molecule has 3 nitrogen and oxygen atoms in total. The van der Waals surface area contributed by atoms with Crippen molar-refractivity contribution in [1.82, 2.24) is 0 Å². The minimum absolute atomic E-state index is 0.261. The van der Waals surface area contributed by atoms with Gasteiger partial charge < -0.3 is 5.11 Å². The van der Waals surface area contributed by atoms with Crippen molar-refractivity contribution in [3.05, 3.63) is 12.2 Å². The zero-order valence-electron chi connectivity index (χ0n) is 9.37. The Hall–Kier alpha value is -1.12. The number of hydrogen-bond donors (Lipinski definition) is 1. The molecule has 15 heavy (non-hydrogen) atoms. The molecule has 0 unspecified atom stereocenters. The molecule has 0 saturated heterocycles. The van der Waals surface area contributed by atoms with E-state index in [-0.39, 0.29) is 12.2 Å². The van der Waals surface area contributed by atoms with Gasteiger partial charge in [0.15, 0.2) is 0 Å². The standard InChI is InChI=1S/C12H20O3/c1-2-11(13)9-7-5-3-4-6-8-10-12(14)15/h5,7H,2-4,6,8-10H2,1H3,(H,14,15). The Kier molecular flexibility index (Phi) is 8.73. The SMILES string of the molecule is CCC(=O)CC=CCCCCCC(=O)O. The second-order valence-corrected chi connectivity index (χ2v) is 3.56. The number of aliphatic carboxylic acids is 1. The Morgan fingerprint density at radius 2 is 1.87 bits per heavy atom. The van der Waals surface area contributed by atoms with Gasteiger partial charge in [-0.05, 0) is 19.3 Å². The van der Waals surface area contributed by atoms with Crippen LogP contribution in [0.25, 0.3) is 0 Å². The number of rotatable bonds is 9. The Labute approximate surface area is 91.2 Å². The minimum atomic E-state index is -0.723. The van der Waals surface area contributed by atoms with E-state index in [4.69, 9.17) is 5.11 Å². The van der Waals surface area contributed by atoms with Crippen molar-refractivity contribution in [3.63, 3.8) is 0 Å². The second kappa shape index (κ2) is 9.44. The molecule has 0 atom stereocenters. The summed E-state index contributed by atoms with van der Waals surface area (Å²) in [7, 11) is 0. The normalized spacial score (nSPS) is 10.7. The highest BCUT2D eigenvalue weighted by atomic mass is 16.4. The highest BCUT2D eigenvalue weighted by Crippen LogP contribution is 2.04. The summed E-state index contributed by atoms with van der Waals surface area (Å²) in [5.74, 6) is -0.462. The first-order valence-electron chi connectivity index (χ1n) is 5.55. The molecule has 86 valence electrons. The fourth-order valence-corrected chi connectivity index (χ4v) is 1.19. The van der Waals surface area contributed by atoms with E-state index < -0.39 is 5.97 Å². The predicted octanol–water partition coefficient (Wildman–Crippen LogP) is 2.95. The van der Waals surface area contributed by atoms with Crippen LogP contribution in [0.2, 0.25) is 0 Å². The number of carboxylic acid groups (broad SMARTS) is 1. The summed E-state index contributed by atoms with van der Waals surface area (Å²) >= 11 is 0. The van der Waals surface area contributed by atoms with Gasteiger partial charge in [0.2, 0.25) is 0 Å². The number of allylic oxidation sites excluding steroid dienone is 2. The van der Waals surface area contributed by atoms with Crippen LogP contribution in [0, 0.1) is 0 Å². The lowest BCUT2D eigenvalue weighted by molar-refractivity contribution is -0.137. The lowest BCUT2D eigenvalue weighted by atomic mass is 10.1. The van der Waals surface area contributed by atoms with Crippen LogP contribution in [0.4, 0.5) is 0 Å². The van der Waals surface area contributed by atoms with Crippen molar-refractivity contribution in [2.45, 2.75) is 51.9 Å². The summed E-state index contributed by atoms with van der Waals surface area (Å²) in [4.78, 5) is 21.1. The van der Waals surface area contributed by atoms with Crippen LogP contribution in [-0.4, -0.2) is 16.9 Å². The van der Waals surface area contributed by atoms with Crippen LogP contribution in [0.3, 0.4) is 0 Å². The van der Waals surface area contributed by atoms with Gasteiger partial charge in [0, 0.05) is 19.3 Å². The number of hydrogen-bond acceptors (Lipinski definition) is 2. The van der Waals surface area contributed by atoms with Crippen LogP contribution in [0.5, 0.6) is 0 Å². The van der Waals surface area contributed by atoms with E-state index in [2.05, 4.69) is 0 Å². The number of carbonyl (C=O) groups is 2. The molecule has 0 heterocycles. The van der Waals surface area contributed by atoms with Gasteiger partial charge in [-0.25, -0.2) is 0 Å². The molecule has 0 spiro atoms. The third-order valence-corrected chi connectivity index (χ3v) is 2.17. The van der Waals surface area contributed by atoms with Gasteiger partial charge in [-0.3, -0.25) is 9.59 Å². The summed E-state index contributed by atoms with van der Waals surface area (Å²) in [6.45, 7) is 1.86. The fraction of sp³-hybridized carbons (Fsp3) is 0.667. The predicted molar refractivity (Wildman–Crippen MR) is 59.8 cm³/mol. The molecular weight excluding hydrogens is 192 g/mol. The molecular formula is C12H20O3. The number of carbonyl (C=O) groups excluding carboxylic acids is 1. The smallest absolute Gasteiger partial charge is 0.303 e. The van der Waals surface area contributed by atoms with Gasteiger partial charge >= 0.3 is 5.97 Å². The molecule has 0 saturated carbocycles. The Balaban J connectivity index is 3.23. The summed E-state index contributed by atoms with van der Waals surface area (Å²) in [5, 5.41) is 8.39. The molecule has 0 fully saturated rings. The van der Waals surface area contributed by atoms with Crippen molar-refractivity contribution >= 4 is 11.8 Å². The van der Waals surface area contributed by atoms with Gasteiger partial charge in [-0.15, -0.1) is 0 Å². The Morgan fingerprint density at radius 3 is 2.47 bits per heavy atom. The highest BCUT2D eigenvalue weighted by molar-refractivity contribution is 5.79. The number of Topliss-reactive ketones (excluding diaryl/α,β-unsaturated/α-hetero) is 1. The van der Waals surface area contributed by atoms with E-state index in [9.17, 15) is 9.59 Å². The van der Waals surface area contributed by atoms with Crippen LogP contribution >= 0.6 is 0 Å². The van der Waals surface area contributed by atoms with Crippen LogP contribution in [0.1, 0.15) is 51.9 Å². The number of ketones is 1. The van der Waals surface area contributed by atoms with Gasteiger partial charge in [0.05, 0.1) is 0 Å². The molecule has 0 aliphatic heterocycles. The highest BCUT2D eigenvalue weighted by Gasteiger charge is 1.95. The molecule has 0 radical (unpaired) electrons. The first-order chi connectivity index (χ1) is 7.16. The molecule has 0 aromatic carbocycles. The zero-order chi connectivity index (χ0) is 11.5. The molecule has 0 aliphatic carbocycles. The zero-order valence-corrected chi connectivity index (χ0v) is 9.37. The fourth-order valence-electron chi connectivity index (χ4n) is 1.19. The Morgan fingerprint density at radius 1 is 1.13 bits per heavy atom. The number of carboxylic acids is 1. The molecule has 0 aliphatic rings. The van der Waals surface area contributed by atoms with E-state index in [0.29, 0.717) is 12.8 Å². The summed E-state index contributed by atoms with van der Waals surface area (Å²) < 4.78 is 0. The lowest BCUT2D eigenvalue weighted by Gasteiger charge is -1.95. The van der Waals surface area contributed by atoms with E-state index in [1.165, 1.54) is 0 Å². The third-order valence-electron chi connectivity index (χ3n) is 2.17. The quantitative estimate of drug-likeness (QED) is 0.472. The van der Waals surface area contributed by atoms with Gasteiger partial charge in [0.25, 0.3) is 0 Å². The molecule has 0 aromatic rings. The average molecular weight is 212 g/mol. The van der Waals surface area contributed by atoms with Gasteiger partial charge in [-0.1, -0.05) is 25.5 Å². The monoisotopic (exact) mass is 212 g/mol. The van der Waals surface area contributed by atoms with Crippen LogP contribution in [0.15, 0.2) is 12.2 Å². The summed E-state index contributed by atoms with van der Waals surface area (Å²) in [6, 6.07) is 0. The Bertz CT molecular complexity index is 219. The second-order valence-electron chi connectivity index (χ2n) is 3.56.